The molecule has 2 aromatic carbocycles. The fraction of sp³-hybridized carbons (Fsp3) is 0.133. The molecule has 0 saturated carbocycles. The summed E-state index contributed by atoms with van der Waals surface area (Å²) >= 11 is 2.24. The van der Waals surface area contributed by atoms with Gasteiger partial charge in [-0.25, -0.2) is 0 Å². The van der Waals surface area contributed by atoms with Crippen LogP contribution in [0.25, 0.3) is 0 Å². The molecule has 2 aromatic rings. The third kappa shape index (κ3) is 4.12. The van der Waals surface area contributed by atoms with Gasteiger partial charge in [0.15, 0.2) is 6.61 Å². The van der Waals surface area contributed by atoms with Gasteiger partial charge in [0.2, 0.25) is 0 Å². The Bertz CT molecular complexity index is 612. The van der Waals surface area contributed by atoms with Gasteiger partial charge in [-0.3, -0.25) is 4.79 Å². The summed E-state index contributed by atoms with van der Waals surface area (Å²) < 4.78 is 6.52. The fourth-order valence-corrected chi connectivity index (χ4v) is 2.31. The number of hydrogen-bond acceptors (Lipinski definition) is 3. The minimum atomic E-state index is -0.189. The number of anilines is 2. The van der Waals surface area contributed by atoms with Crippen LogP contribution < -0.4 is 15.8 Å². The van der Waals surface area contributed by atoms with Crippen LogP contribution in [0.2, 0.25) is 0 Å². The summed E-state index contributed by atoms with van der Waals surface area (Å²) in [6.07, 6.45) is 0. The Labute approximate surface area is 131 Å². The van der Waals surface area contributed by atoms with Crippen molar-refractivity contribution in [1.29, 1.82) is 0 Å². The summed E-state index contributed by atoms with van der Waals surface area (Å²) in [6, 6.07) is 12.8. The summed E-state index contributed by atoms with van der Waals surface area (Å²) in [5.74, 6) is 0.430. The Morgan fingerprint density at radius 2 is 1.95 bits per heavy atom. The summed E-state index contributed by atoms with van der Waals surface area (Å²) in [4.78, 5) is 11.8. The summed E-state index contributed by atoms with van der Waals surface area (Å²) in [5.41, 5.74) is 8.07. The van der Waals surface area contributed by atoms with Gasteiger partial charge in [0, 0.05) is 14.9 Å². The first-order valence-corrected chi connectivity index (χ1v) is 7.17. The normalized spacial score (nSPS) is 10.1. The van der Waals surface area contributed by atoms with Crippen molar-refractivity contribution in [2.45, 2.75) is 6.92 Å². The molecule has 4 nitrogen and oxygen atoms in total. The number of halogens is 1. The highest BCUT2D eigenvalue weighted by atomic mass is 127. The zero-order chi connectivity index (χ0) is 14.5. The van der Waals surface area contributed by atoms with E-state index in [4.69, 9.17) is 10.5 Å². The average molecular weight is 382 g/mol. The standard InChI is InChI=1S/C15H15IN2O2/c1-10-8-11(16)2-7-14(10)18-15(19)9-20-13-5-3-12(17)4-6-13/h2-8H,9,17H2,1H3,(H,18,19). The molecular weight excluding hydrogens is 367 g/mol. The van der Waals surface area contributed by atoms with Crippen LogP contribution in [-0.2, 0) is 4.79 Å². The van der Waals surface area contributed by atoms with Gasteiger partial charge in [-0.1, -0.05) is 0 Å². The lowest BCUT2D eigenvalue weighted by molar-refractivity contribution is -0.118. The van der Waals surface area contributed by atoms with E-state index in [1.807, 2.05) is 25.1 Å². The number of carbonyl (C=O) groups excluding carboxylic acids is 1. The Morgan fingerprint density at radius 3 is 2.60 bits per heavy atom. The van der Waals surface area contributed by atoms with Crippen molar-refractivity contribution in [1.82, 2.24) is 0 Å². The van der Waals surface area contributed by atoms with E-state index in [1.165, 1.54) is 0 Å². The second kappa shape index (κ2) is 6.60. The number of ether oxygens (including phenoxy) is 1. The first-order chi connectivity index (χ1) is 9.54. The third-order valence-electron chi connectivity index (χ3n) is 2.71. The number of rotatable bonds is 4. The van der Waals surface area contributed by atoms with Crippen molar-refractivity contribution < 1.29 is 9.53 Å². The lowest BCUT2D eigenvalue weighted by atomic mass is 10.2. The maximum absolute atomic E-state index is 11.8. The zero-order valence-electron chi connectivity index (χ0n) is 11.0. The van der Waals surface area contributed by atoms with Crippen LogP contribution in [0.1, 0.15) is 5.56 Å². The van der Waals surface area contributed by atoms with E-state index in [9.17, 15) is 4.79 Å². The van der Waals surface area contributed by atoms with E-state index in [0.29, 0.717) is 11.4 Å². The molecule has 0 atom stereocenters. The van der Waals surface area contributed by atoms with E-state index in [2.05, 4.69) is 27.9 Å². The molecule has 0 aliphatic carbocycles. The minimum Gasteiger partial charge on any atom is -0.484 e. The van der Waals surface area contributed by atoms with Crippen LogP contribution in [0, 0.1) is 10.5 Å². The van der Waals surface area contributed by atoms with Crippen molar-refractivity contribution in [2.24, 2.45) is 0 Å². The predicted molar refractivity (Wildman–Crippen MR) is 88.9 cm³/mol. The molecule has 3 N–H and O–H groups in total. The quantitative estimate of drug-likeness (QED) is 0.631. The maximum atomic E-state index is 11.8. The van der Waals surface area contributed by atoms with E-state index in [0.717, 1.165) is 14.8 Å². The van der Waals surface area contributed by atoms with Crippen molar-refractivity contribution in [3.05, 3.63) is 51.6 Å². The lowest BCUT2D eigenvalue weighted by Crippen LogP contribution is -2.20. The number of nitrogens with two attached hydrogens (primary N) is 1. The van der Waals surface area contributed by atoms with Crippen LogP contribution in [0.3, 0.4) is 0 Å². The van der Waals surface area contributed by atoms with Gasteiger partial charge in [-0.05, 0) is 77.5 Å². The fourth-order valence-electron chi connectivity index (χ4n) is 1.67. The van der Waals surface area contributed by atoms with Crippen LogP contribution in [-0.4, -0.2) is 12.5 Å². The van der Waals surface area contributed by atoms with Gasteiger partial charge >= 0.3 is 0 Å². The molecule has 0 bridgehead atoms. The number of nitrogen functional groups attached to an aromatic ring is 1. The zero-order valence-corrected chi connectivity index (χ0v) is 13.2. The number of carbonyl (C=O) groups is 1. The van der Waals surface area contributed by atoms with E-state index in [1.54, 1.807) is 24.3 Å². The monoisotopic (exact) mass is 382 g/mol. The summed E-state index contributed by atoms with van der Waals surface area (Å²) in [7, 11) is 0. The second-order valence-electron chi connectivity index (χ2n) is 4.37. The Kier molecular flexibility index (Phi) is 4.84. The van der Waals surface area contributed by atoms with Crippen LogP contribution in [0.5, 0.6) is 5.75 Å². The van der Waals surface area contributed by atoms with Crippen molar-refractivity contribution in [2.75, 3.05) is 17.7 Å². The van der Waals surface area contributed by atoms with Crippen molar-refractivity contribution >= 4 is 39.9 Å². The first-order valence-electron chi connectivity index (χ1n) is 6.09. The molecule has 2 rings (SSSR count). The molecule has 0 unspecified atom stereocenters. The summed E-state index contributed by atoms with van der Waals surface area (Å²) in [5, 5.41) is 2.83. The second-order valence-corrected chi connectivity index (χ2v) is 5.61. The molecule has 0 spiro atoms. The minimum absolute atomic E-state index is 0.0324. The molecule has 0 radical (unpaired) electrons. The number of aryl methyl sites for hydroxylation is 1. The average Bonchev–Trinajstić information content (AvgIpc) is 2.41. The molecular formula is C15H15IN2O2. The number of benzene rings is 2. The Balaban J connectivity index is 1.90. The Morgan fingerprint density at radius 1 is 1.25 bits per heavy atom. The van der Waals surface area contributed by atoms with Gasteiger partial charge < -0.3 is 15.8 Å². The molecule has 0 aliphatic heterocycles. The summed E-state index contributed by atoms with van der Waals surface area (Å²) in [6.45, 7) is 1.92. The van der Waals surface area contributed by atoms with Gasteiger partial charge in [0.05, 0.1) is 0 Å². The highest BCUT2D eigenvalue weighted by Crippen LogP contribution is 2.18. The molecule has 0 fully saturated rings. The molecule has 20 heavy (non-hydrogen) atoms. The molecule has 104 valence electrons. The van der Waals surface area contributed by atoms with Gasteiger partial charge in [-0.15, -0.1) is 0 Å². The molecule has 1 amide bonds. The largest absolute Gasteiger partial charge is 0.484 e. The van der Waals surface area contributed by atoms with E-state index < -0.39 is 0 Å². The number of nitrogens with one attached hydrogen (secondary N) is 1. The number of hydrogen-bond donors (Lipinski definition) is 2. The van der Waals surface area contributed by atoms with Gasteiger partial charge in [0.25, 0.3) is 5.91 Å². The van der Waals surface area contributed by atoms with Crippen molar-refractivity contribution in [3.8, 4) is 5.75 Å². The highest BCUT2D eigenvalue weighted by molar-refractivity contribution is 14.1. The van der Waals surface area contributed by atoms with Gasteiger partial charge in [0.1, 0.15) is 5.75 Å². The predicted octanol–water partition coefficient (Wildman–Crippen LogP) is 3.20. The van der Waals surface area contributed by atoms with Crippen LogP contribution in [0.4, 0.5) is 11.4 Å². The van der Waals surface area contributed by atoms with Crippen LogP contribution >= 0.6 is 22.6 Å². The van der Waals surface area contributed by atoms with Crippen molar-refractivity contribution in [3.63, 3.8) is 0 Å². The first kappa shape index (κ1) is 14.6. The smallest absolute Gasteiger partial charge is 0.262 e. The van der Waals surface area contributed by atoms with Crippen LogP contribution in [0.15, 0.2) is 42.5 Å². The maximum Gasteiger partial charge on any atom is 0.262 e. The number of amides is 1. The molecule has 0 saturated heterocycles. The van der Waals surface area contributed by atoms with Gasteiger partial charge in [-0.2, -0.15) is 0 Å². The SMILES string of the molecule is Cc1cc(I)ccc1NC(=O)COc1ccc(N)cc1. The lowest BCUT2D eigenvalue weighted by Gasteiger charge is -2.10. The molecule has 5 heteroatoms. The third-order valence-corrected chi connectivity index (χ3v) is 3.38. The van der Waals surface area contributed by atoms with E-state index in [-0.39, 0.29) is 12.5 Å². The molecule has 0 aromatic heterocycles. The molecule has 0 heterocycles. The Hall–Kier alpha value is -1.76. The van der Waals surface area contributed by atoms with E-state index >= 15 is 0 Å². The highest BCUT2D eigenvalue weighted by Gasteiger charge is 2.06. The topological polar surface area (TPSA) is 64.3 Å². The molecule has 0 aliphatic rings.